The maximum atomic E-state index is 5.63. The maximum absolute atomic E-state index is 5.63. The minimum absolute atomic E-state index is 0.104. The van der Waals surface area contributed by atoms with Crippen LogP contribution in [0.4, 0.5) is 0 Å². The topological polar surface area (TPSA) is 39.7 Å². The molecule has 1 aromatic carbocycles. The van der Waals surface area contributed by atoms with Crippen molar-refractivity contribution in [2.75, 3.05) is 27.4 Å². The molecule has 19 heavy (non-hydrogen) atoms. The molecule has 1 atom stereocenters. The molecule has 0 heterocycles. The summed E-state index contributed by atoms with van der Waals surface area (Å²) in [5.74, 6) is 0.932. The van der Waals surface area contributed by atoms with Gasteiger partial charge in [-0.2, -0.15) is 0 Å². The van der Waals surface area contributed by atoms with Crippen LogP contribution in [0.2, 0.25) is 0 Å². The lowest BCUT2D eigenvalue weighted by molar-refractivity contribution is 0.0298. The summed E-state index contributed by atoms with van der Waals surface area (Å²) in [5.41, 5.74) is 4.04. The molecule has 0 fully saturated rings. The molecule has 4 nitrogen and oxygen atoms in total. The highest BCUT2D eigenvalue weighted by Crippen LogP contribution is 2.14. The number of unbranched alkanes of at least 4 members (excludes halogenated alkanes) is 1. The highest BCUT2D eigenvalue weighted by atomic mass is 16.6. The van der Waals surface area contributed by atoms with Crippen molar-refractivity contribution in [2.45, 2.75) is 32.3 Å². The second-order valence-corrected chi connectivity index (χ2v) is 4.46. The number of methoxy groups -OCH3 is 1. The molecular formula is C15H25NO3. The van der Waals surface area contributed by atoms with Gasteiger partial charge in [-0.1, -0.05) is 25.5 Å². The SMILES string of the molecule is CCCCOc1ccc(CC(CNOC)OC)cc1. The van der Waals surface area contributed by atoms with Gasteiger partial charge in [-0.3, -0.25) is 0 Å². The van der Waals surface area contributed by atoms with Gasteiger partial charge in [-0.15, -0.1) is 0 Å². The van der Waals surface area contributed by atoms with Crippen LogP contribution in [0.1, 0.15) is 25.3 Å². The zero-order chi connectivity index (χ0) is 13.9. The Morgan fingerprint density at radius 2 is 1.89 bits per heavy atom. The van der Waals surface area contributed by atoms with Gasteiger partial charge in [-0.25, -0.2) is 5.48 Å². The summed E-state index contributed by atoms with van der Waals surface area (Å²) in [4.78, 5) is 4.84. The molecule has 0 saturated heterocycles. The van der Waals surface area contributed by atoms with Gasteiger partial charge in [-0.05, 0) is 30.5 Å². The van der Waals surface area contributed by atoms with E-state index in [9.17, 15) is 0 Å². The Balaban J connectivity index is 2.41. The third-order valence-electron chi connectivity index (χ3n) is 2.94. The van der Waals surface area contributed by atoms with Crippen LogP contribution in [0.15, 0.2) is 24.3 Å². The fourth-order valence-electron chi connectivity index (χ4n) is 1.73. The van der Waals surface area contributed by atoms with Gasteiger partial charge in [0.2, 0.25) is 0 Å². The molecule has 1 aromatic rings. The van der Waals surface area contributed by atoms with Gasteiger partial charge >= 0.3 is 0 Å². The molecule has 0 amide bonds. The molecule has 0 radical (unpaired) electrons. The smallest absolute Gasteiger partial charge is 0.119 e. The van der Waals surface area contributed by atoms with Crippen molar-refractivity contribution < 1.29 is 14.3 Å². The first-order chi connectivity index (χ1) is 9.30. The van der Waals surface area contributed by atoms with Gasteiger partial charge in [0.25, 0.3) is 0 Å². The van der Waals surface area contributed by atoms with E-state index in [1.165, 1.54) is 5.56 Å². The fraction of sp³-hybridized carbons (Fsp3) is 0.600. The zero-order valence-electron chi connectivity index (χ0n) is 12.1. The minimum Gasteiger partial charge on any atom is -0.494 e. The van der Waals surface area contributed by atoms with Gasteiger partial charge < -0.3 is 14.3 Å². The summed E-state index contributed by atoms with van der Waals surface area (Å²) in [5, 5.41) is 0. The molecular weight excluding hydrogens is 242 g/mol. The molecule has 0 aliphatic carbocycles. The Labute approximate surface area is 116 Å². The van der Waals surface area contributed by atoms with E-state index < -0.39 is 0 Å². The summed E-state index contributed by atoms with van der Waals surface area (Å²) in [6, 6.07) is 8.20. The molecule has 0 aromatic heterocycles. The van der Waals surface area contributed by atoms with E-state index in [-0.39, 0.29) is 6.10 Å². The molecule has 1 N–H and O–H groups in total. The van der Waals surface area contributed by atoms with Crippen molar-refractivity contribution in [3.8, 4) is 5.75 Å². The van der Waals surface area contributed by atoms with Crippen LogP contribution in [0, 0.1) is 0 Å². The third-order valence-corrected chi connectivity index (χ3v) is 2.94. The monoisotopic (exact) mass is 267 g/mol. The van der Waals surface area contributed by atoms with Crippen molar-refractivity contribution in [3.63, 3.8) is 0 Å². The van der Waals surface area contributed by atoms with E-state index in [2.05, 4.69) is 24.5 Å². The number of ether oxygens (including phenoxy) is 2. The predicted octanol–water partition coefficient (Wildman–Crippen LogP) is 2.57. The minimum atomic E-state index is 0.104. The molecule has 0 saturated carbocycles. The van der Waals surface area contributed by atoms with E-state index in [1.54, 1.807) is 14.2 Å². The number of nitrogens with one attached hydrogen (secondary N) is 1. The van der Waals surface area contributed by atoms with E-state index in [0.29, 0.717) is 6.54 Å². The average molecular weight is 267 g/mol. The molecule has 108 valence electrons. The highest BCUT2D eigenvalue weighted by molar-refractivity contribution is 5.27. The Hall–Kier alpha value is -1.10. The Morgan fingerprint density at radius 1 is 1.16 bits per heavy atom. The lowest BCUT2D eigenvalue weighted by atomic mass is 10.1. The summed E-state index contributed by atoms with van der Waals surface area (Å²) in [6.07, 6.45) is 3.20. The van der Waals surface area contributed by atoms with Crippen LogP contribution in [-0.2, 0) is 16.0 Å². The van der Waals surface area contributed by atoms with Crippen molar-refractivity contribution >= 4 is 0 Å². The van der Waals surface area contributed by atoms with Crippen LogP contribution in [-0.4, -0.2) is 33.5 Å². The predicted molar refractivity (Wildman–Crippen MR) is 76.4 cm³/mol. The van der Waals surface area contributed by atoms with Crippen LogP contribution in [0.3, 0.4) is 0 Å². The normalized spacial score (nSPS) is 12.4. The van der Waals surface area contributed by atoms with Crippen molar-refractivity contribution in [2.24, 2.45) is 0 Å². The summed E-state index contributed by atoms with van der Waals surface area (Å²) < 4.78 is 11.0. The third kappa shape index (κ3) is 6.57. The Kier molecular flexibility index (Phi) is 8.21. The quantitative estimate of drug-likeness (QED) is 0.522. The van der Waals surface area contributed by atoms with Crippen molar-refractivity contribution in [3.05, 3.63) is 29.8 Å². The lowest BCUT2D eigenvalue weighted by Gasteiger charge is -2.15. The average Bonchev–Trinajstić information content (AvgIpc) is 2.45. The summed E-state index contributed by atoms with van der Waals surface area (Å²) >= 11 is 0. The first-order valence-corrected chi connectivity index (χ1v) is 6.80. The number of hydroxylamine groups is 1. The molecule has 0 aliphatic heterocycles. The van der Waals surface area contributed by atoms with Crippen LogP contribution in [0.5, 0.6) is 5.75 Å². The number of benzene rings is 1. The second kappa shape index (κ2) is 9.78. The fourth-order valence-corrected chi connectivity index (χ4v) is 1.73. The van der Waals surface area contributed by atoms with E-state index >= 15 is 0 Å². The summed E-state index contributed by atoms with van der Waals surface area (Å²) in [6.45, 7) is 3.61. The van der Waals surface area contributed by atoms with Gasteiger partial charge in [0.15, 0.2) is 0 Å². The van der Waals surface area contributed by atoms with Gasteiger partial charge in [0.05, 0.1) is 19.8 Å². The molecule has 4 heteroatoms. The van der Waals surface area contributed by atoms with Gasteiger partial charge in [0.1, 0.15) is 5.75 Å². The number of rotatable bonds is 10. The Morgan fingerprint density at radius 3 is 2.47 bits per heavy atom. The van der Waals surface area contributed by atoms with Crippen molar-refractivity contribution in [1.82, 2.24) is 5.48 Å². The lowest BCUT2D eigenvalue weighted by Crippen LogP contribution is -2.29. The van der Waals surface area contributed by atoms with E-state index in [0.717, 1.165) is 31.6 Å². The molecule has 1 rings (SSSR count). The highest BCUT2D eigenvalue weighted by Gasteiger charge is 2.08. The molecule has 0 bridgehead atoms. The van der Waals surface area contributed by atoms with Crippen LogP contribution < -0.4 is 10.2 Å². The number of hydrogen-bond acceptors (Lipinski definition) is 4. The van der Waals surface area contributed by atoms with E-state index in [1.807, 2.05) is 12.1 Å². The van der Waals surface area contributed by atoms with Crippen molar-refractivity contribution in [1.29, 1.82) is 0 Å². The first-order valence-electron chi connectivity index (χ1n) is 6.80. The zero-order valence-corrected chi connectivity index (χ0v) is 12.1. The molecule has 0 spiro atoms. The summed E-state index contributed by atoms with van der Waals surface area (Å²) in [7, 11) is 3.32. The van der Waals surface area contributed by atoms with E-state index in [4.69, 9.17) is 14.3 Å². The van der Waals surface area contributed by atoms with Crippen LogP contribution in [0.25, 0.3) is 0 Å². The standard InChI is InChI=1S/C15H25NO3/c1-4-5-10-19-14-8-6-13(7-9-14)11-15(17-2)12-16-18-3/h6-9,15-16H,4-5,10-12H2,1-3H3. The maximum Gasteiger partial charge on any atom is 0.119 e. The molecule has 0 aliphatic rings. The molecule has 1 unspecified atom stereocenters. The Bertz CT molecular complexity index is 327. The van der Waals surface area contributed by atoms with Gasteiger partial charge in [0, 0.05) is 13.7 Å². The number of hydrogen-bond donors (Lipinski definition) is 1. The first kappa shape index (κ1) is 16.0. The second-order valence-electron chi connectivity index (χ2n) is 4.46. The van der Waals surface area contributed by atoms with Crippen LogP contribution >= 0.6 is 0 Å². The largest absolute Gasteiger partial charge is 0.494 e.